The third-order valence-electron chi connectivity index (χ3n) is 1.64. The van der Waals surface area contributed by atoms with E-state index in [9.17, 15) is 0 Å². The van der Waals surface area contributed by atoms with E-state index < -0.39 is 0 Å². The molecule has 0 spiro atoms. The first-order chi connectivity index (χ1) is 4.38. The van der Waals surface area contributed by atoms with E-state index in [-0.39, 0.29) is 0 Å². The molecule has 0 saturated carbocycles. The van der Waals surface area contributed by atoms with Gasteiger partial charge in [0.2, 0.25) is 0 Å². The van der Waals surface area contributed by atoms with E-state index in [4.69, 9.17) is 4.74 Å². The molecule has 2 heterocycles. The Morgan fingerprint density at radius 2 is 2.67 bits per heavy atom. The van der Waals surface area contributed by atoms with Gasteiger partial charge < -0.3 is 4.74 Å². The minimum Gasteiger partial charge on any atom is -0.368 e. The molecule has 0 N–H and O–H groups in total. The van der Waals surface area contributed by atoms with E-state index in [0.29, 0.717) is 6.10 Å². The largest absolute Gasteiger partial charge is 0.368 e. The second kappa shape index (κ2) is 1.82. The maximum atomic E-state index is 5.37. The lowest BCUT2D eigenvalue weighted by molar-refractivity contribution is 0.0808. The standard InChI is InChI=1S/C7H8OS/c1-5-7-6(4-8-5)2-3-9-7/h2-3,5H,4H2,1H3. The van der Waals surface area contributed by atoms with Crippen molar-refractivity contribution in [1.29, 1.82) is 0 Å². The van der Waals surface area contributed by atoms with Crippen LogP contribution in [0.5, 0.6) is 0 Å². The summed E-state index contributed by atoms with van der Waals surface area (Å²) in [5, 5.41) is 2.13. The van der Waals surface area contributed by atoms with Crippen molar-refractivity contribution >= 4 is 11.3 Å². The van der Waals surface area contributed by atoms with Crippen molar-refractivity contribution in [3.63, 3.8) is 0 Å². The molecular formula is C7H8OS. The van der Waals surface area contributed by atoms with E-state index in [0.717, 1.165) is 6.61 Å². The third-order valence-corrected chi connectivity index (χ3v) is 2.76. The Morgan fingerprint density at radius 3 is 3.44 bits per heavy atom. The van der Waals surface area contributed by atoms with Crippen LogP contribution < -0.4 is 0 Å². The van der Waals surface area contributed by atoms with Gasteiger partial charge in [0.05, 0.1) is 12.7 Å². The van der Waals surface area contributed by atoms with Crippen molar-refractivity contribution in [3.05, 3.63) is 21.9 Å². The molecule has 1 aliphatic heterocycles. The maximum Gasteiger partial charge on any atom is 0.0896 e. The summed E-state index contributed by atoms with van der Waals surface area (Å²) in [6, 6.07) is 2.14. The van der Waals surface area contributed by atoms with E-state index in [1.807, 2.05) is 0 Å². The summed E-state index contributed by atoms with van der Waals surface area (Å²) in [6.07, 6.45) is 0.347. The van der Waals surface area contributed by atoms with E-state index in [2.05, 4.69) is 18.4 Å². The molecule has 1 atom stereocenters. The molecule has 0 amide bonds. The average Bonchev–Trinajstić information content (AvgIpc) is 2.35. The number of fused-ring (bicyclic) bond motifs is 1. The summed E-state index contributed by atoms with van der Waals surface area (Å²) < 4.78 is 5.37. The molecule has 48 valence electrons. The predicted molar refractivity (Wildman–Crippen MR) is 37.5 cm³/mol. The van der Waals surface area contributed by atoms with Crippen LogP contribution in [0.3, 0.4) is 0 Å². The van der Waals surface area contributed by atoms with Crippen molar-refractivity contribution in [1.82, 2.24) is 0 Å². The van der Waals surface area contributed by atoms with Crippen molar-refractivity contribution < 1.29 is 4.74 Å². The van der Waals surface area contributed by atoms with Crippen LogP contribution in [0, 0.1) is 0 Å². The van der Waals surface area contributed by atoms with Gasteiger partial charge in [0.25, 0.3) is 0 Å². The molecule has 9 heavy (non-hydrogen) atoms. The van der Waals surface area contributed by atoms with Gasteiger partial charge in [-0.1, -0.05) is 0 Å². The van der Waals surface area contributed by atoms with Gasteiger partial charge in [0.1, 0.15) is 0 Å². The molecule has 0 aromatic carbocycles. The molecule has 0 bridgehead atoms. The van der Waals surface area contributed by atoms with Crippen LogP contribution in [0.4, 0.5) is 0 Å². The molecule has 0 fully saturated rings. The van der Waals surface area contributed by atoms with Crippen LogP contribution in [0.2, 0.25) is 0 Å². The maximum absolute atomic E-state index is 5.37. The molecule has 2 heteroatoms. The highest BCUT2D eigenvalue weighted by Gasteiger charge is 2.19. The Bertz CT molecular complexity index is 216. The summed E-state index contributed by atoms with van der Waals surface area (Å²) in [6.45, 7) is 2.92. The Labute approximate surface area is 58.3 Å². The minimum atomic E-state index is 0.347. The van der Waals surface area contributed by atoms with Gasteiger partial charge in [-0.2, -0.15) is 0 Å². The number of ether oxygens (including phenoxy) is 1. The van der Waals surface area contributed by atoms with Crippen LogP contribution in [0.1, 0.15) is 23.5 Å². The van der Waals surface area contributed by atoms with Gasteiger partial charge >= 0.3 is 0 Å². The van der Waals surface area contributed by atoms with Gasteiger partial charge in [-0.3, -0.25) is 0 Å². The van der Waals surface area contributed by atoms with Crippen LogP contribution in [0.25, 0.3) is 0 Å². The lowest BCUT2D eigenvalue weighted by Crippen LogP contribution is -1.83. The lowest BCUT2D eigenvalue weighted by Gasteiger charge is -1.97. The molecular weight excluding hydrogens is 132 g/mol. The van der Waals surface area contributed by atoms with Crippen LogP contribution in [-0.2, 0) is 11.3 Å². The smallest absolute Gasteiger partial charge is 0.0896 e. The highest BCUT2D eigenvalue weighted by atomic mass is 32.1. The summed E-state index contributed by atoms with van der Waals surface area (Å²) >= 11 is 1.80. The summed E-state index contributed by atoms with van der Waals surface area (Å²) in [5.41, 5.74) is 1.38. The highest BCUT2D eigenvalue weighted by molar-refractivity contribution is 7.10. The zero-order valence-corrected chi connectivity index (χ0v) is 6.07. The summed E-state index contributed by atoms with van der Waals surface area (Å²) in [7, 11) is 0. The first kappa shape index (κ1) is 5.45. The minimum absolute atomic E-state index is 0.347. The first-order valence-corrected chi connectivity index (χ1v) is 3.94. The highest BCUT2D eigenvalue weighted by Crippen LogP contribution is 2.33. The molecule has 0 saturated heterocycles. The van der Waals surface area contributed by atoms with Gasteiger partial charge in [0, 0.05) is 4.88 Å². The number of hydrogen-bond donors (Lipinski definition) is 0. The van der Waals surface area contributed by atoms with E-state index >= 15 is 0 Å². The number of hydrogen-bond acceptors (Lipinski definition) is 2. The molecule has 2 rings (SSSR count). The second-order valence-electron chi connectivity index (χ2n) is 2.26. The molecule has 1 aromatic rings. The Kier molecular flexibility index (Phi) is 1.10. The zero-order valence-electron chi connectivity index (χ0n) is 5.26. The average molecular weight is 140 g/mol. The Morgan fingerprint density at radius 1 is 1.78 bits per heavy atom. The van der Waals surface area contributed by atoms with Crippen molar-refractivity contribution in [2.24, 2.45) is 0 Å². The lowest BCUT2D eigenvalue weighted by atomic mass is 10.2. The van der Waals surface area contributed by atoms with Gasteiger partial charge in [-0.25, -0.2) is 0 Å². The molecule has 1 aromatic heterocycles. The summed E-state index contributed by atoms with van der Waals surface area (Å²) in [4.78, 5) is 1.41. The fourth-order valence-electron chi connectivity index (χ4n) is 1.11. The SMILES string of the molecule is CC1OCc2ccsc21. The molecule has 1 nitrogen and oxygen atoms in total. The van der Waals surface area contributed by atoms with Gasteiger partial charge in [0.15, 0.2) is 0 Å². The van der Waals surface area contributed by atoms with Crippen molar-refractivity contribution in [3.8, 4) is 0 Å². The number of thiophene rings is 1. The zero-order chi connectivity index (χ0) is 6.27. The van der Waals surface area contributed by atoms with E-state index in [1.54, 1.807) is 11.3 Å². The van der Waals surface area contributed by atoms with Crippen LogP contribution in [0.15, 0.2) is 11.4 Å². The van der Waals surface area contributed by atoms with Crippen molar-refractivity contribution in [2.45, 2.75) is 19.6 Å². The molecule has 1 aliphatic rings. The van der Waals surface area contributed by atoms with Gasteiger partial charge in [-0.05, 0) is 23.9 Å². The monoisotopic (exact) mass is 140 g/mol. The van der Waals surface area contributed by atoms with Crippen LogP contribution >= 0.6 is 11.3 Å². The van der Waals surface area contributed by atoms with E-state index in [1.165, 1.54) is 10.4 Å². The van der Waals surface area contributed by atoms with Crippen molar-refractivity contribution in [2.75, 3.05) is 0 Å². The second-order valence-corrected chi connectivity index (χ2v) is 3.21. The Balaban J connectivity index is 2.49. The Hall–Kier alpha value is -0.340. The third kappa shape index (κ3) is 0.705. The predicted octanol–water partition coefficient (Wildman–Crippen LogP) is 2.34. The fraction of sp³-hybridized carbons (Fsp3) is 0.429. The molecule has 0 aliphatic carbocycles. The normalized spacial score (nSPS) is 24.3. The number of rotatable bonds is 0. The van der Waals surface area contributed by atoms with Gasteiger partial charge in [-0.15, -0.1) is 11.3 Å². The summed E-state index contributed by atoms with van der Waals surface area (Å²) in [5.74, 6) is 0. The molecule has 1 unspecified atom stereocenters. The quantitative estimate of drug-likeness (QED) is 0.537. The van der Waals surface area contributed by atoms with Crippen LogP contribution in [-0.4, -0.2) is 0 Å². The molecule has 0 radical (unpaired) electrons. The topological polar surface area (TPSA) is 9.23 Å². The first-order valence-electron chi connectivity index (χ1n) is 3.06. The fourth-order valence-corrected chi connectivity index (χ4v) is 2.03.